The summed E-state index contributed by atoms with van der Waals surface area (Å²) in [6, 6.07) is 9.29. The maximum Gasteiger partial charge on any atom is 0.338 e. The van der Waals surface area contributed by atoms with E-state index >= 15 is 0 Å². The lowest BCUT2D eigenvalue weighted by Gasteiger charge is -2.05. The zero-order chi connectivity index (χ0) is 13.3. The normalized spacial score (nSPS) is 11.4. The Morgan fingerprint density at radius 3 is 2.56 bits per heavy atom. The lowest BCUT2D eigenvalue weighted by atomic mass is 10.0. The minimum absolute atomic E-state index is 0.00122. The highest BCUT2D eigenvalue weighted by atomic mass is 35.7. The molecular weight excluding hydrogens is 276 g/mol. The van der Waals surface area contributed by atoms with Crippen molar-refractivity contribution < 1.29 is 17.9 Å². The first-order chi connectivity index (χ1) is 8.43. The summed E-state index contributed by atoms with van der Waals surface area (Å²) >= 11 is 0. The van der Waals surface area contributed by atoms with Crippen molar-refractivity contribution >= 4 is 36.5 Å². The Bertz CT molecular complexity index is 722. The van der Waals surface area contributed by atoms with Crippen LogP contribution in [-0.4, -0.2) is 21.5 Å². The molecule has 6 heteroatoms. The molecule has 0 saturated heterocycles. The van der Waals surface area contributed by atoms with Gasteiger partial charge in [-0.05, 0) is 29.0 Å². The summed E-state index contributed by atoms with van der Waals surface area (Å²) in [7, 11) is 2.78. The Morgan fingerprint density at radius 1 is 1.22 bits per heavy atom. The third kappa shape index (κ3) is 2.32. The average Bonchev–Trinajstić information content (AvgIpc) is 2.35. The highest BCUT2D eigenvalue weighted by Crippen LogP contribution is 2.24. The van der Waals surface area contributed by atoms with Crippen LogP contribution in [0.1, 0.15) is 10.4 Å². The number of fused-ring (bicyclic) bond motifs is 1. The second kappa shape index (κ2) is 4.59. The molecule has 0 aliphatic heterocycles. The van der Waals surface area contributed by atoms with Gasteiger partial charge in [0, 0.05) is 10.7 Å². The van der Waals surface area contributed by atoms with Gasteiger partial charge in [-0.1, -0.05) is 18.2 Å². The van der Waals surface area contributed by atoms with Gasteiger partial charge in [-0.15, -0.1) is 0 Å². The van der Waals surface area contributed by atoms with Gasteiger partial charge in [-0.25, -0.2) is 13.2 Å². The maximum atomic E-state index is 11.5. The predicted molar refractivity (Wildman–Crippen MR) is 68.3 cm³/mol. The minimum atomic E-state index is -3.78. The van der Waals surface area contributed by atoms with Crippen molar-refractivity contribution in [2.75, 3.05) is 7.11 Å². The molecule has 0 fully saturated rings. The SMILES string of the molecule is COC(=O)c1cccc2cc(S(=O)(=O)Cl)ccc12. The molecule has 94 valence electrons. The smallest absolute Gasteiger partial charge is 0.338 e. The van der Waals surface area contributed by atoms with Crippen LogP contribution in [0.5, 0.6) is 0 Å². The van der Waals surface area contributed by atoms with Crippen LogP contribution < -0.4 is 0 Å². The highest BCUT2D eigenvalue weighted by Gasteiger charge is 2.14. The van der Waals surface area contributed by atoms with Gasteiger partial charge in [0.1, 0.15) is 0 Å². The number of methoxy groups -OCH3 is 1. The minimum Gasteiger partial charge on any atom is -0.465 e. The Hall–Kier alpha value is -1.59. The van der Waals surface area contributed by atoms with Gasteiger partial charge in [0.15, 0.2) is 0 Å². The van der Waals surface area contributed by atoms with Gasteiger partial charge in [-0.3, -0.25) is 0 Å². The number of carbonyl (C=O) groups excluding carboxylic acids is 1. The lowest BCUT2D eigenvalue weighted by Crippen LogP contribution is -2.02. The summed E-state index contributed by atoms with van der Waals surface area (Å²) in [5.74, 6) is -0.470. The molecule has 0 atom stereocenters. The Morgan fingerprint density at radius 2 is 1.94 bits per heavy atom. The number of ether oxygens (including phenoxy) is 1. The summed E-state index contributed by atoms with van der Waals surface area (Å²) < 4.78 is 27.1. The predicted octanol–water partition coefficient (Wildman–Crippen LogP) is 2.55. The molecule has 2 aromatic carbocycles. The molecule has 18 heavy (non-hydrogen) atoms. The van der Waals surface area contributed by atoms with Gasteiger partial charge in [-0.2, -0.15) is 0 Å². The molecule has 0 aromatic heterocycles. The fourth-order valence-corrected chi connectivity index (χ4v) is 2.49. The number of carbonyl (C=O) groups is 1. The molecule has 0 saturated carbocycles. The second-order valence-electron chi connectivity index (χ2n) is 3.62. The quantitative estimate of drug-likeness (QED) is 0.628. The number of halogens is 1. The zero-order valence-corrected chi connectivity index (χ0v) is 11.0. The molecule has 0 heterocycles. The van der Waals surface area contributed by atoms with E-state index in [2.05, 4.69) is 4.74 Å². The summed E-state index contributed by atoms with van der Waals surface area (Å²) in [6.45, 7) is 0. The third-order valence-electron chi connectivity index (χ3n) is 2.54. The van der Waals surface area contributed by atoms with Crippen molar-refractivity contribution in [1.82, 2.24) is 0 Å². The molecule has 0 N–H and O–H groups in total. The summed E-state index contributed by atoms with van der Waals surface area (Å²) in [6.07, 6.45) is 0. The molecule has 0 aliphatic rings. The molecule has 0 unspecified atom stereocenters. The van der Waals surface area contributed by atoms with Crippen molar-refractivity contribution in [2.45, 2.75) is 4.90 Å². The van der Waals surface area contributed by atoms with E-state index in [0.717, 1.165) is 0 Å². The fourth-order valence-electron chi connectivity index (χ4n) is 1.70. The van der Waals surface area contributed by atoms with Crippen LogP contribution in [-0.2, 0) is 13.8 Å². The Kier molecular flexibility index (Phi) is 3.28. The molecule has 4 nitrogen and oxygen atoms in total. The average molecular weight is 285 g/mol. The van der Waals surface area contributed by atoms with Crippen molar-refractivity contribution in [3.8, 4) is 0 Å². The summed E-state index contributed by atoms with van der Waals surface area (Å²) in [4.78, 5) is 11.5. The first-order valence-electron chi connectivity index (χ1n) is 4.99. The van der Waals surface area contributed by atoms with E-state index in [1.165, 1.54) is 25.3 Å². The summed E-state index contributed by atoms with van der Waals surface area (Å²) in [5, 5.41) is 1.23. The molecule has 2 aromatic rings. The van der Waals surface area contributed by atoms with Crippen molar-refractivity contribution in [3.05, 3.63) is 42.0 Å². The van der Waals surface area contributed by atoms with E-state index in [0.29, 0.717) is 16.3 Å². The second-order valence-corrected chi connectivity index (χ2v) is 6.18. The number of hydrogen-bond donors (Lipinski definition) is 0. The van der Waals surface area contributed by atoms with E-state index in [-0.39, 0.29) is 4.90 Å². The molecule has 0 spiro atoms. The lowest BCUT2D eigenvalue weighted by molar-refractivity contribution is 0.0603. The number of rotatable bonds is 2. The summed E-state index contributed by atoms with van der Waals surface area (Å²) in [5.41, 5.74) is 0.383. The van der Waals surface area contributed by atoms with Gasteiger partial charge >= 0.3 is 5.97 Å². The molecule has 2 rings (SSSR count). The standard InChI is InChI=1S/C12H9ClO4S/c1-17-12(14)11-4-2-3-8-7-9(18(13,15)16)5-6-10(8)11/h2-7H,1H3. The van der Waals surface area contributed by atoms with Gasteiger partial charge in [0.05, 0.1) is 17.6 Å². The first kappa shape index (κ1) is 12.9. The Labute approximate surface area is 109 Å². The first-order valence-corrected chi connectivity index (χ1v) is 7.30. The molecule has 0 aliphatic carbocycles. The van der Waals surface area contributed by atoms with Crippen molar-refractivity contribution in [1.29, 1.82) is 0 Å². The van der Waals surface area contributed by atoms with E-state index < -0.39 is 15.0 Å². The maximum absolute atomic E-state index is 11.5. The zero-order valence-electron chi connectivity index (χ0n) is 9.38. The highest BCUT2D eigenvalue weighted by molar-refractivity contribution is 8.13. The van der Waals surface area contributed by atoms with E-state index in [1.807, 2.05) is 0 Å². The monoisotopic (exact) mass is 284 g/mol. The van der Waals surface area contributed by atoms with Gasteiger partial charge in [0.25, 0.3) is 9.05 Å². The van der Waals surface area contributed by atoms with E-state index in [9.17, 15) is 13.2 Å². The van der Waals surface area contributed by atoms with Gasteiger partial charge < -0.3 is 4.74 Å². The van der Waals surface area contributed by atoms with Crippen LogP contribution >= 0.6 is 10.7 Å². The molecule has 0 bridgehead atoms. The fraction of sp³-hybridized carbons (Fsp3) is 0.0833. The van der Waals surface area contributed by atoms with Crippen LogP contribution in [0.2, 0.25) is 0 Å². The number of benzene rings is 2. The van der Waals surface area contributed by atoms with Gasteiger partial charge in [0.2, 0.25) is 0 Å². The van der Waals surface area contributed by atoms with E-state index in [4.69, 9.17) is 10.7 Å². The van der Waals surface area contributed by atoms with E-state index in [1.54, 1.807) is 18.2 Å². The molecule has 0 amide bonds. The topological polar surface area (TPSA) is 60.4 Å². The molecule has 0 radical (unpaired) electrons. The number of esters is 1. The van der Waals surface area contributed by atoms with Crippen LogP contribution in [0.25, 0.3) is 10.8 Å². The molecular formula is C12H9ClO4S. The van der Waals surface area contributed by atoms with Crippen LogP contribution in [0.4, 0.5) is 0 Å². The van der Waals surface area contributed by atoms with Crippen molar-refractivity contribution in [2.24, 2.45) is 0 Å². The van der Waals surface area contributed by atoms with Crippen LogP contribution in [0, 0.1) is 0 Å². The largest absolute Gasteiger partial charge is 0.465 e. The third-order valence-corrected chi connectivity index (χ3v) is 3.89. The van der Waals surface area contributed by atoms with Crippen LogP contribution in [0.15, 0.2) is 41.3 Å². The van der Waals surface area contributed by atoms with Crippen molar-refractivity contribution in [3.63, 3.8) is 0 Å². The number of hydrogen-bond acceptors (Lipinski definition) is 4. The van der Waals surface area contributed by atoms with Crippen LogP contribution in [0.3, 0.4) is 0 Å². The Balaban J connectivity index is 2.72.